The third-order valence-electron chi connectivity index (χ3n) is 4.25. The van der Waals surface area contributed by atoms with Crippen molar-refractivity contribution in [3.8, 4) is 0 Å². The first-order valence-electron chi connectivity index (χ1n) is 7.19. The Morgan fingerprint density at radius 3 is 2.90 bits per heavy atom. The van der Waals surface area contributed by atoms with E-state index in [4.69, 9.17) is 4.42 Å². The second-order valence-electron chi connectivity index (χ2n) is 5.41. The van der Waals surface area contributed by atoms with Gasteiger partial charge in [0, 0.05) is 25.7 Å². The fourth-order valence-corrected chi connectivity index (χ4v) is 2.73. The minimum absolute atomic E-state index is 0.177. The van der Waals surface area contributed by atoms with Gasteiger partial charge in [-0.1, -0.05) is 6.92 Å². The standard InChI is InChI=1S/C15H24N2O3/c1-5-12-10-17(9-8-16(12)3)11(2)13-6-7-14(20-13)15(18)19-4/h6-7,11-12H,5,8-10H2,1-4H3. The van der Waals surface area contributed by atoms with Crippen LogP contribution in [0.3, 0.4) is 0 Å². The Bertz CT molecular complexity index is 458. The molecule has 1 aliphatic heterocycles. The Hall–Kier alpha value is -1.33. The van der Waals surface area contributed by atoms with E-state index < -0.39 is 5.97 Å². The van der Waals surface area contributed by atoms with Crippen molar-refractivity contribution in [2.45, 2.75) is 32.4 Å². The maximum atomic E-state index is 11.4. The number of esters is 1. The Labute approximate surface area is 120 Å². The third kappa shape index (κ3) is 3.04. The molecule has 1 aromatic rings. The van der Waals surface area contributed by atoms with Gasteiger partial charge < -0.3 is 14.1 Å². The van der Waals surface area contributed by atoms with Crippen LogP contribution in [0.5, 0.6) is 0 Å². The number of hydrogen-bond acceptors (Lipinski definition) is 5. The van der Waals surface area contributed by atoms with Crippen molar-refractivity contribution in [3.63, 3.8) is 0 Å². The predicted molar refractivity (Wildman–Crippen MR) is 76.7 cm³/mol. The predicted octanol–water partition coefficient (Wildman–Crippen LogP) is 2.15. The normalized spacial score (nSPS) is 22.7. The summed E-state index contributed by atoms with van der Waals surface area (Å²) >= 11 is 0. The summed E-state index contributed by atoms with van der Waals surface area (Å²) in [6.45, 7) is 7.45. The molecule has 0 aliphatic carbocycles. The molecule has 0 saturated carbocycles. The van der Waals surface area contributed by atoms with Crippen LogP contribution in [-0.4, -0.2) is 55.6 Å². The smallest absolute Gasteiger partial charge is 0.373 e. The van der Waals surface area contributed by atoms with Crippen LogP contribution in [0.2, 0.25) is 0 Å². The van der Waals surface area contributed by atoms with Crippen molar-refractivity contribution in [2.75, 3.05) is 33.8 Å². The molecule has 1 aromatic heterocycles. The molecule has 1 saturated heterocycles. The van der Waals surface area contributed by atoms with E-state index in [0.29, 0.717) is 6.04 Å². The molecule has 2 heterocycles. The number of carbonyl (C=O) groups excluding carboxylic acids is 1. The molecule has 0 amide bonds. The number of hydrogen-bond donors (Lipinski definition) is 0. The lowest BCUT2D eigenvalue weighted by Crippen LogP contribution is -2.51. The highest BCUT2D eigenvalue weighted by atomic mass is 16.5. The zero-order chi connectivity index (χ0) is 14.7. The largest absolute Gasteiger partial charge is 0.463 e. The van der Waals surface area contributed by atoms with Crippen molar-refractivity contribution in [1.29, 1.82) is 0 Å². The van der Waals surface area contributed by atoms with Gasteiger partial charge >= 0.3 is 5.97 Å². The number of nitrogens with zero attached hydrogens (tertiary/aromatic N) is 2. The molecule has 1 aliphatic rings. The first-order chi connectivity index (χ1) is 9.56. The Balaban J connectivity index is 2.05. The van der Waals surface area contributed by atoms with Crippen LogP contribution in [0.1, 0.15) is 42.6 Å². The number of ether oxygens (including phenoxy) is 1. The minimum atomic E-state index is -0.423. The highest BCUT2D eigenvalue weighted by Gasteiger charge is 2.28. The monoisotopic (exact) mass is 280 g/mol. The quantitative estimate of drug-likeness (QED) is 0.791. The highest BCUT2D eigenvalue weighted by Crippen LogP contribution is 2.25. The number of methoxy groups -OCH3 is 1. The molecule has 2 atom stereocenters. The van der Waals surface area contributed by atoms with Crippen molar-refractivity contribution >= 4 is 5.97 Å². The maximum Gasteiger partial charge on any atom is 0.373 e. The van der Waals surface area contributed by atoms with Crippen LogP contribution < -0.4 is 0 Å². The summed E-state index contributed by atoms with van der Waals surface area (Å²) < 4.78 is 10.3. The van der Waals surface area contributed by atoms with Crippen molar-refractivity contribution in [2.24, 2.45) is 0 Å². The Kier molecular flexibility index (Phi) is 4.83. The van der Waals surface area contributed by atoms with E-state index >= 15 is 0 Å². The molecule has 0 aromatic carbocycles. The molecular weight excluding hydrogens is 256 g/mol. The van der Waals surface area contributed by atoms with Gasteiger partial charge in [-0.15, -0.1) is 0 Å². The molecule has 20 heavy (non-hydrogen) atoms. The Morgan fingerprint density at radius 2 is 2.25 bits per heavy atom. The molecule has 0 radical (unpaired) electrons. The van der Waals surface area contributed by atoms with Gasteiger partial charge in [0.05, 0.1) is 13.2 Å². The SMILES string of the molecule is CCC1CN(C(C)c2ccc(C(=O)OC)o2)CCN1C. The number of furan rings is 1. The van der Waals surface area contributed by atoms with Gasteiger partial charge in [0.2, 0.25) is 5.76 Å². The van der Waals surface area contributed by atoms with Gasteiger partial charge in [-0.25, -0.2) is 4.79 Å². The molecule has 0 N–H and O–H groups in total. The summed E-state index contributed by atoms with van der Waals surface area (Å²) in [5.41, 5.74) is 0. The molecule has 5 heteroatoms. The fourth-order valence-electron chi connectivity index (χ4n) is 2.73. The second kappa shape index (κ2) is 6.41. The Morgan fingerprint density at radius 1 is 1.50 bits per heavy atom. The van der Waals surface area contributed by atoms with Gasteiger partial charge in [0.25, 0.3) is 0 Å². The summed E-state index contributed by atoms with van der Waals surface area (Å²) in [5.74, 6) is 0.675. The summed E-state index contributed by atoms with van der Waals surface area (Å²) in [6, 6.07) is 4.32. The van der Waals surface area contributed by atoms with Gasteiger partial charge in [-0.05, 0) is 32.5 Å². The lowest BCUT2D eigenvalue weighted by molar-refractivity contribution is 0.0522. The van der Waals surface area contributed by atoms with E-state index in [-0.39, 0.29) is 11.8 Å². The third-order valence-corrected chi connectivity index (χ3v) is 4.25. The van der Waals surface area contributed by atoms with Gasteiger partial charge in [0.15, 0.2) is 0 Å². The number of carbonyl (C=O) groups is 1. The minimum Gasteiger partial charge on any atom is -0.463 e. The average molecular weight is 280 g/mol. The molecule has 0 spiro atoms. The van der Waals surface area contributed by atoms with Gasteiger partial charge in [0.1, 0.15) is 5.76 Å². The van der Waals surface area contributed by atoms with Crippen molar-refractivity contribution < 1.29 is 13.9 Å². The van der Waals surface area contributed by atoms with E-state index in [0.717, 1.165) is 31.8 Å². The number of likely N-dealkylation sites (N-methyl/N-ethyl adjacent to an activating group) is 1. The van der Waals surface area contributed by atoms with Gasteiger partial charge in [-0.3, -0.25) is 4.90 Å². The van der Waals surface area contributed by atoms with Crippen LogP contribution in [0.15, 0.2) is 16.5 Å². The van der Waals surface area contributed by atoms with Crippen molar-refractivity contribution in [1.82, 2.24) is 9.80 Å². The summed E-state index contributed by atoms with van der Waals surface area (Å²) in [4.78, 5) is 16.2. The van der Waals surface area contributed by atoms with Crippen LogP contribution in [-0.2, 0) is 4.74 Å². The van der Waals surface area contributed by atoms with Crippen LogP contribution in [0, 0.1) is 0 Å². The highest BCUT2D eigenvalue weighted by molar-refractivity contribution is 5.86. The van der Waals surface area contributed by atoms with E-state index in [1.807, 2.05) is 6.07 Å². The van der Waals surface area contributed by atoms with E-state index in [1.165, 1.54) is 7.11 Å². The molecule has 5 nitrogen and oxygen atoms in total. The number of rotatable bonds is 4. The van der Waals surface area contributed by atoms with E-state index in [1.54, 1.807) is 6.07 Å². The van der Waals surface area contributed by atoms with E-state index in [9.17, 15) is 4.79 Å². The van der Waals surface area contributed by atoms with Crippen LogP contribution >= 0.6 is 0 Å². The molecular formula is C15H24N2O3. The lowest BCUT2D eigenvalue weighted by atomic mass is 10.1. The van der Waals surface area contributed by atoms with Gasteiger partial charge in [-0.2, -0.15) is 0 Å². The first kappa shape index (κ1) is 15.1. The lowest BCUT2D eigenvalue weighted by Gasteiger charge is -2.41. The number of piperazine rings is 1. The van der Waals surface area contributed by atoms with Crippen LogP contribution in [0.4, 0.5) is 0 Å². The molecule has 112 valence electrons. The zero-order valence-electron chi connectivity index (χ0n) is 12.8. The molecule has 1 fully saturated rings. The van der Waals surface area contributed by atoms with Crippen molar-refractivity contribution in [3.05, 3.63) is 23.7 Å². The molecule has 2 unspecified atom stereocenters. The summed E-state index contributed by atoms with van der Waals surface area (Å²) in [5, 5.41) is 0. The van der Waals surface area contributed by atoms with Crippen LogP contribution in [0.25, 0.3) is 0 Å². The summed E-state index contributed by atoms with van der Waals surface area (Å²) in [7, 11) is 3.54. The average Bonchev–Trinajstić information content (AvgIpc) is 2.96. The fraction of sp³-hybridized carbons (Fsp3) is 0.667. The zero-order valence-corrected chi connectivity index (χ0v) is 12.8. The summed E-state index contributed by atoms with van der Waals surface area (Å²) in [6.07, 6.45) is 1.14. The molecule has 0 bridgehead atoms. The first-order valence-corrected chi connectivity index (χ1v) is 7.19. The van der Waals surface area contributed by atoms with E-state index in [2.05, 4.69) is 35.4 Å². The maximum absolute atomic E-state index is 11.4. The molecule has 2 rings (SSSR count). The second-order valence-corrected chi connectivity index (χ2v) is 5.41. The topological polar surface area (TPSA) is 45.9 Å².